The molecule has 2 aliphatic heterocycles. The Morgan fingerprint density at radius 2 is 1.79 bits per heavy atom. The largest absolute Gasteiger partial charge is 0.379 e. The standard InChI is InChI=1S/C23H28N4O6S/c1-17-7-9-25(10-8-17)21-6-5-18(15-22(21)27(29)30)23(28)24-19-3-2-4-20(16-19)34(31,32)26-11-13-33-14-12-26/h2-6,15-17H,7-14H2,1H3,(H,24,28). The van der Waals surface area contributed by atoms with E-state index in [9.17, 15) is 23.3 Å². The zero-order valence-electron chi connectivity index (χ0n) is 19.0. The van der Waals surface area contributed by atoms with E-state index < -0.39 is 20.9 Å². The topological polar surface area (TPSA) is 122 Å². The van der Waals surface area contributed by atoms with Gasteiger partial charge in [-0.15, -0.1) is 0 Å². The summed E-state index contributed by atoms with van der Waals surface area (Å²) in [5.74, 6) is 0.0334. The molecule has 2 heterocycles. The van der Waals surface area contributed by atoms with E-state index in [0.717, 1.165) is 25.9 Å². The summed E-state index contributed by atoms with van der Waals surface area (Å²) in [6, 6.07) is 10.4. The SMILES string of the molecule is CC1CCN(c2ccc(C(=O)Nc3cccc(S(=O)(=O)N4CCOCC4)c3)cc2[N+](=O)[O-])CC1. The van der Waals surface area contributed by atoms with Crippen molar-refractivity contribution in [3.05, 3.63) is 58.1 Å². The van der Waals surface area contributed by atoms with Crippen molar-refractivity contribution in [1.82, 2.24) is 4.31 Å². The first kappa shape index (κ1) is 24.1. The van der Waals surface area contributed by atoms with E-state index in [2.05, 4.69) is 12.2 Å². The number of piperidine rings is 1. The molecule has 0 unspecified atom stereocenters. The number of carbonyl (C=O) groups excluding carboxylic acids is 1. The molecule has 0 bridgehead atoms. The number of anilines is 2. The van der Waals surface area contributed by atoms with E-state index in [1.54, 1.807) is 24.3 Å². The number of carbonyl (C=O) groups is 1. The number of nitro benzene ring substituents is 1. The summed E-state index contributed by atoms with van der Waals surface area (Å²) in [6.45, 7) is 4.84. The van der Waals surface area contributed by atoms with E-state index in [0.29, 0.717) is 24.8 Å². The smallest absolute Gasteiger partial charge is 0.293 e. The van der Waals surface area contributed by atoms with Crippen LogP contribution in [0.3, 0.4) is 0 Å². The first-order valence-electron chi connectivity index (χ1n) is 11.3. The molecule has 2 aliphatic rings. The minimum absolute atomic E-state index is 0.0628. The van der Waals surface area contributed by atoms with E-state index >= 15 is 0 Å². The minimum atomic E-state index is -3.72. The summed E-state index contributed by atoms with van der Waals surface area (Å²) in [7, 11) is -3.72. The first-order valence-corrected chi connectivity index (χ1v) is 12.7. The molecule has 1 amide bonds. The molecule has 2 fully saturated rings. The zero-order valence-corrected chi connectivity index (χ0v) is 19.8. The number of nitro groups is 1. The molecule has 11 heteroatoms. The van der Waals surface area contributed by atoms with E-state index in [1.165, 1.54) is 22.5 Å². The van der Waals surface area contributed by atoms with Crippen LogP contribution in [0.5, 0.6) is 0 Å². The fourth-order valence-electron chi connectivity index (χ4n) is 4.20. The van der Waals surface area contributed by atoms with Crippen molar-refractivity contribution < 1.29 is 22.9 Å². The van der Waals surface area contributed by atoms with Crippen LogP contribution in [-0.4, -0.2) is 62.9 Å². The zero-order chi connectivity index (χ0) is 24.3. The highest BCUT2D eigenvalue weighted by Gasteiger charge is 2.27. The predicted octanol–water partition coefficient (Wildman–Crippen LogP) is 3.10. The molecule has 182 valence electrons. The number of rotatable bonds is 6. The lowest BCUT2D eigenvalue weighted by Crippen LogP contribution is -2.40. The number of nitrogens with zero attached hydrogens (tertiary/aromatic N) is 3. The third-order valence-electron chi connectivity index (χ3n) is 6.26. The summed E-state index contributed by atoms with van der Waals surface area (Å²) < 4.78 is 32.4. The van der Waals surface area contributed by atoms with E-state index in [-0.39, 0.29) is 34.9 Å². The van der Waals surface area contributed by atoms with Crippen molar-refractivity contribution in [2.45, 2.75) is 24.7 Å². The number of sulfonamides is 1. The number of hydrogen-bond donors (Lipinski definition) is 1. The molecular weight excluding hydrogens is 460 g/mol. The Morgan fingerprint density at radius 3 is 2.47 bits per heavy atom. The second kappa shape index (κ2) is 10.1. The Bertz CT molecular complexity index is 1170. The highest BCUT2D eigenvalue weighted by atomic mass is 32.2. The van der Waals surface area contributed by atoms with Crippen molar-refractivity contribution in [3.63, 3.8) is 0 Å². The van der Waals surface area contributed by atoms with Crippen LogP contribution in [0.4, 0.5) is 17.1 Å². The average molecular weight is 489 g/mol. The molecule has 1 N–H and O–H groups in total. The predicted molar refractivity (Wildman–Crippen MR) is 128 cm³/mol. The lowest BCUT2D eigenvalue weighted by atomic mass is 9.98. The number of hydrogen-bond acceptors (Lipinski definition) is 7. The van der Waals surface area contributed by atoms with Gasteiger partial charge >= 0.3 is 0 Å². The van der Waals surface area contributed by atoms with Crippen molar-refractivity contribution in [3.8, 4) is 0 Å². The summed E-state index contributed by atoms with van der Waals surface area (Å²) in [5, 5.41) is 14.4. The van der Waals surface area contributed by atoms with Gasteiger partial charge in [0.2, 0.25) is 10.0 Å². The molecule has 4 rings (SSSR count). The van der Waals surface area contributed by atoms with Crippen molar-refractivity contribution >= 4 is 33.0 Å². The van der Waals surface area contributed by atoms with Gasteiger partial charge in [0.1, 0.15) is 5.69 Å². The lowest BCUT2D eigenvalue weighted by Gasteiger charge is -2.31. The van der Waals surface area contributed by atoms with Crippen LogP contribution in [0.15, 0.2) is 47.4 Å². The molecule has 2 saturated heterocycles. The molecular formula is C23H28N4O6S. The molecule has 2 aromatic carbocycles. The van der Waals surface area contributed by atoms with Crippen LogP contribution in [-0.2, 0) is 14.8 Å². The van der Waals surface area contributed by atoms with Gasteiger partial charge in [-0.3, -0.25) is 14.9 Å². The molecule has 0 aliphatic carbocycles. The number of ether oxygens (including phenoxy) is 1. The first-order chi connectivity index (χ1) is 16.3. The molecule has 0 spiro atoms. The number of nitrogens with one attached hydrogen (secondary N) is 1. The Kier molecular flexibility index (Phi) is 7.15. The fourth-order valence-corrected chi connectivity index (χ4v) is 5.66. The van der Waals surface area contributed by atoms with Gasteiger partial charge in [-0.2, -0.15) is 4.31 Å². The Balaban J connectivity index is 1.53. The maximum Gasteiger partial charge on any atom is 0.293 e. The van der Waals surface area contributed by atoms with Crippen molar-refractivity contribution in [1.29, 1.82) is 0 Å². The van der Waals surface area contributed by atoms with Crippen LogP contribution >= 0.6 is 0 Å². The van der Waals surface area contributed by atoms with Gasteiger partial charge in [-0.25, -0.2) is 8.42 Å². The second-order valence-electron chi connectivity index (χ2n) is 8.63. The minimum Gasteiger partial charge on any atom is -0.379 e. The summed E-state index contributed by atoms with van der Waals surface area (Å²) in [6.07, 6.45) is 1.92. The lowest BCUT2D eigenvalue weighted by molar-refractivity contribution is -0.384. The molecule has 0 atom stereocenters. The summed E-state index contributed by atoms with van der Waals surface area (Å²) in [4.78, 5) is 26.2. The number of amides is 1. The maximum atomic E-state index is 12.9. The second-order valence-corrected chi connectivity index (χ2v) is 10.6. The molecule has 2 aromatic rings. The van der Waals surface area contributed by atoms with Crippen LogP contribution < -0.4 is 10.2 Å². The van der Waals surface area contributed by atoms with Gasteiger partial charge in [0.05, 0.1) is 23.0 Å². The quantitative estimate of drug-likeness (QED) is 0.490. The Hall–Kier alpha value is -3.02. The van der Waals surface area contributed by atoms with Crippen molar-refractivity contribution in [2.24, 2.45) is 5.92 Å². The van der Waals surface area contributed by atoms with E-state index in [4.69, 9.17) is 4.74 Å². The Morgan fingerprint density at radius 1 is 1.09 bits per heavy atom. The van der Waals surface area contributed by atoms with Crippen LogP contribution in [0.25, 0.3) is 0 Å². The van der Waals surface area contributed by atoms with Gasteiger partial charge in [0.25, 0.3) is 11.6 Å². The monoisotopic (exact) mass is 488 g/mol. The molecule has 34 heavy (non-hydrogen) atoms. The molecule has 0 aromatic heterocycles. The van der Waals surface area contributed by atoms with Crippen LogP contribution in [0.1, 0.15) is 30.1 Å². The highest BCUT2D eigenvalue weighted by Crippen LogP contribution is 2.32. The molecule has 10 nitrogen and oxygen atoms in total. The third kappa shape index (κ3) is 5.21. The molecule has 0 saturated carbocycles. The molecule has 0 radical (unpaired) electrons. The van der Waals surface area contributed by atoms with Crippen molar-refractivity contribution in [2.75, 3.05) is 49.6 Å². The third-order valence-corrected chi connectivity index (χ3v) is 8.15. The fraction of sp³-hybridized carbons (Fsp3) is 0.435. The van der Waals surface area contributed by atoms with Crippen LogP contribution in [0.2, 0.25) is 0 Å². The number of benzene rings is 2. The van der Waals surface area contributed by atoms with Gasteiger partial charge in [-0.1, -0.05) is 13.0 Å². The average Bonchev–Trinajstić information content (AvgIpc) is 2.85. The summed E-state index contributed by atoms with van der Waals surface area (Å²) >= 11 is 0. The Labute approximate surface area is 198 Å². The maximum absolute atomic E-state index is 12.9. The van der Waals surface area contributed by atoms with E-state index in [1.807, 2.05) is 4.90 Å². The number of morpholine rings is 1. The summed E-state index contributed by atoms with van der Waals surface area (Å²) in [5.41, 5.74) is 0.802. The van der Waals surface area contributed by atoms with Gasteiger partial charge in [-0.05, 0) is 49.1 Å². The van der Waals surface area contributed by atoms with Gasteiger partial charge in [0, 0.05) is 43.5 Å². The van der Waals surface area contributed by atoms with Gasteiger partial charge < -0.3 is 15.0 Å². The van der Waals surface area contributed by atoms with Crippen LogP contribution in [0, 0.1) is 16.0 Å². The highest BCUT2D eigenvalue weighted by molar-refractivity contribution is 7.89. The normalized spacial score (nSPS) is 18.0. The van der Waals surface area contributed by atoms with Gasteiger partial charge in [0.15, 0.2) is 0 Å².